The second kappa shape index (κ2) is 8.10. The Morgan fingerprint density at radius 3 is 2.12 bits per heavy atom. The monoisotopic (exact) mass is 240 g/mol. The molecule has 0 aromatic rings. The summed E-state index contributed by atoms with van der Waals surface area (Å²) in [5.74, 6) is 2.43. The number of rotatable bonds is 8. The van der Waals surface area contributed by atoms with E-state index in [1.165, 1.54) is 52.0 Å². The Morgan fingerprint density at radius 1 is 0.941 bits per heavy atom. The molecule has 0 spiro atoms. The first-order chi connectivity index (χ1) is 8.08. The topological polar surface area (TPSA) is 15.3 Å². The Hall–Kier alpha value is -0.0800. The van der Waals surface area contributed by atoms with Crippen LogP contribution in [0.5, 0.6) is 0 Å². The van der Waals surface area contributed by atoms with E-state index in [1.54, 1.807) is 0 Å². The summed E-state index contributed by atoms with van der Waals surface area (Å²) >= 11 is 0. The van der Waals surface area contributed by atoms with Crippen LogP contribution in [0.15, 0.2) is 0 Å². The number of hydrogen-bond acceptors (Lipinski definition) is 2. The zero-order valence-corrected chi connectivity index (χ0v) is 12.3. The van der Waals surface area contributed by atoms with Crippen molar-refractivity contribution in [3.05, 3.63) is 0 Å². The van der Waals surface area contributed by atoms with E-state index in [9.17, 15) is 0 Å². The lowest BCUT2D eigenvalue weighted by molar-refractivity contribution is 0.279. The number of nitrogens with zero attached hydrogens (tertiary/aromatic N) is 1. The molecule has 1 aliphatic heterocycles. The predicted octanol–water partition coefficient (Wildman–Crippen LogP) is 2.99. The van der Waals surface area contributed by atoms with E-state index >= 15 is 0 Å². The lowest BCUT2D eigenvalue weighted by Crippen LogP contribution is -2.33. The quantitative estimate of drug-likeness (QED) is 0.701. The van der Waals surface area contributed by atoms with Crippen molar-refractivity contribution in [2.45, 2.75) is 47.0 Å². The van der Waals surface area contributed by atoms with E-state index in [1.807, 2.05) is 0 Å². The molecule has 1 heterocycles. The molecule has 17 heavy (non-hydrogen) atoms. The van der Waals surface area contributed by atoms with Gasteiger partial charge in [-0.25, -0.2) is 0 Å². The van der Waals surface area contributed by atoms with Gasteiger partial charge in [-0.2, -0.15) is 0 Å². The van der Waals surface area contributed by atoms with Gasteiger partial charge < -0.3 is 10.2 Å². The lowest BCUT2D eigenvalue weighted by atomic mass is 9.99. The molecule has 1 aliphatic rings. The first kappa shape index (κ1) is 15.0. The SMILES string of the molecule is CC(C)CC(C)CNCC(C)CN1CCCC1. The van der Waals surface area contributed by atoms with E-state index in [4.69, 9.17) is 0 Å². The van der Waals surface area contributed by atoms with Gasteiger partial charge in [0.05, 0.1) is 0 Å². The smallest absolute Gasteiger partial charge is 0.00191 e. The average molecular weight is 240 g/mol. The van der Waals surface area contributed by atoms with Gasteiger partial charge in [0.1, 0.15) is 0 Å². The number of nitrogens with one attached hydrogen (secondary N) is 1. The summed E-state index contributed by atoms with van der Waals surface area (Å²) in [5, 5.41) is 3.64. The zero-order chi connectivity index (χ0) is 12.7. The van der Waals surface area contributed by atoms with Crippen LogP contribution < -0.4 is 5.32 Å². The highest BCUT2D eigenvalue weighted by Gasteiger charge is 2.14. The normalized spacial score (nSPS) is 21.0. The summed E-state index contributed by atoms with van der Waals surface area (Å²) in [6.45, 7) is 15.7. The maximum atomic E-state index is 3.64. The molecule has 1 rings (SSSR count). The van der Waals surface area contributed by atoms with Crippen molar-refractivity contribution in [3.63, 3.8) is 0 Å². The van der Waals surface area contributed by atoms with E-state index in [0.29, 0.717) is 0 Å². The predicted molar refractivity (Wildman–Crippen MR) is 76.3 cm³/mol. The summed E-state index contributed by atoms with van der Waals surface area (Å²) in [4.78, 5) is 2.61. The van der Waals surface area contributed by atoms with Crippen LogP contribution in [0.25, 0.3) is 0 Å². The van der Waals surface area contributed by atoms with Crippen molar-refractivity contribution in [1.82, 2.24) is 10.2 Å². The maximum absolute atomic E-state index is 3.64. The third-order valence-corrected chi connectivity index (χ3v) is 3.63. The van der Waals surface area contributed by atoms with Gasteiger partial charge in [-0.1, -0.05) is 27.7 Å². The van der Waals surface area contributed by atoms with Crippen LogP contribution in [0, 0.1) is 17.8 Å². The molecule has 0 aliphatic carbocycles. The van der Waals surface area contributed by atoms with Crippen LogP contribution in [0.1, 0.15) is 47.0 Å². The van der Waals surface area contributed by atoms with Gasteiger partial charge in [0, 0.05) is 6.54 Å². The molecule has 2 heteroatoms. The standard InChI is InChI=1S/C15H32N2/c1-13(2)9-14(3)10-16-11-15(4)12-17-7-5-6-8-17/h13-16H,5-12H2,1-4H3. The summed E-state index contributed by atoms with van der Waals surface area (Å²) in [6.07, 6.45) is 4.16. The van der Waals surface area contributed by atoms with Gasteiger partial charge in [-0.15, -0.1) is 0 Å². The van der Waals surface area contributed by atoms with Crippen LogP contribution in [0.2, 0.25) is 0 Å². The van der Waals surface area contributed by atoms with Crippen molar-refractivity contribution in [3.8, 4) is 0 Å². The fourth-order valence-corrected chi connectivity index (χ4v) is 2.93. The van der Waals surface area contributed by atoms with E-state index < -0.39 is 0 Å². The average Bonchev–Trinajstić information content (AvgIpc) is 2.69. The third kappa shape index (κ3) is 7.05. The fraction of sp³-hybridized carbons (Fsp3) is 1.00. The molecule has 0 aromatic heterocycles. The van der Waals surface area contributed by atoms with Gasteiger partial charge in [-0.05, 0) is 63.2 Å². The van der Waals surface area contributed by atoms with E-state index in [0.717, 1.165) is 17.8 Å². The first-order valence-electron chi connectivity index (χ1n) is 7.51. The summed E-state index contributed by atoms with van der Waals surface area (Å²) < 4.78 is 0. The number of hydrogen-bond donors (Lipinski definition) is 1. The van der Waals surface area contributed by atoms with Gasteiger partial charge in [-0.3, -0.25) is 0 Å². The van der Waals surface area contributed by atoms with Gasteiger partial charge in [0.2, 0.25) is 0 Å². The summed E-state index contributed by atoms with van der Waals surface area (Å²) in [6, 6.07) is 0. The number of likely N-dealkylation sites (tertiary alicyclic amines) is 1. The Labute approximate surface area is 108 Å². The molecule has 102 valence electrons. The Balaban J connectivity index is 2.01. The molecule has 1 N–H and O–H groups in total. The van der Waals surface area contributed by atoms with E-state index in [-0.39, 0.29) is 0 Å². The molecule has 1 fully saturated rings. The molecule has 0 aromatic carbocycles. The Bertz CT molecular complexity index is 185. The third-order valence-electron chi connectivity index (χ3n) is 3.63. The Kier molecular flexibility index (Phi) is 7.14. The minimum absolute atomic E-state index is 0.791. The first-order valence-corrected chi connectivity index (χ1v) is 7.51. The lowest BCUT2D eigenvalue weighted by Gasteiger charge is -2.21. The Morgan fingerprint density at radius 2 is 1.53 bits per heavy atom. The van der Waals surface area contributed by atoms with Gasteiger partial charge >= 0.3 is 0 Å². The van der Waals surface area contributed by atoms with Crippen molar-refractivity contribution in [2.24, 2.45) is 17.8 Å². The second-order valence-corrected chi connectivity index (χ2v) is 6.51. The van der Waals surface area contributed by atoms with Crippen LogP contribution in [-0.4, -0.2) is 37.6 Å². The largest absolute Gasteiger partial charge is 0.316 e. The molecule has 1 saturated heterocycles. The second-order valence-electron chi connectivity index (χ2n) is 6.51. The zero-order valence-electron chi connectivity index (χ0n) is 12.3. The molecule has 0 amide bonds. The van der Waals surface area contributed by atoms with Crippen LogP contribution in [0.4, 0.5) is 0 Å². The molecule has 2 nitrogen and oxygen atoms in total. The molecule has 0 saturated carbocycles. The molecule has 2 unspecified atom stereocenters. The molecular formula is C15H32N2. The van der Waals surface area contributed by atoms with Gasteiger partial charge in [0.25, 0.3) is 0 Å². The minimum Gasteiger partial charge on any atom is -0.316 e. The maximum Gasteiger partial charge on any atom is 0.00191 e. The summed E-state index contributed by atoms with van der Waals surface area (Å²) in [7, 11) is 0. The highest BCUT2D eigenvalue weighted by atomic mass is 15.1. The van der Waals surface area contributed by atoms with Crippen LogP contribution >= 0.6 is 0 Å². The van der Waals surface area contributed by atoms with E-state index in [2.05, 4.69) is 37.9 Å². The fourth-order valence-electron chi connectivity index (χ4n) is 2.93. The molecular weight excluding hydrogens is 208 g/mol. The highest BCUT2D eigenvalue weighted by Crippen LogP contribution is 2.11. The van der Waals surface area contributed by atoms with Crippen LogP contribution in [-0.2, 0) is 0 Å². The van der Waals surface area contributed by atoms with Crippen LogP contribution in [0.3, 0.4) is 0 Å². The summed E-state index contributed by atoms with van der Waals surface area (Å²) in [5.41, 5.74) is 0. The molecule has 0 bridgehead atoms. The minimum atomic E-state index is 0.791. The van der Waals surface area contributed by atoms with Gasteiger partial charge in [0.15, 0.2) is 0 Å². The van der Waals surface area contributed by atoms with Crippen molar-refractivity contribution in [2.75, 3.05) is 32.7 Å². The molecule has 2 atom stereocenters. The highest BCUT2D eigenvalue weighted by molar-refractivity contribution is 4.70. The van der Waals surface area contributed by atoms with Crippen molar-refractivity contribution >= 4 is 0 Å². The van der Waals surface area contributed by atoms with Crippen molar-refractivity contribution in [1.29, 1.82) is 0 Å². The molecule has 0 radical (unpaired) electrons. The van der Waals surface area contributed by atoms with Crippen molar-refractivity contribution < 1.29 is 0 Å².